The molecular formula is C26H26F7NO4. The van der Waals surface area contributed by atoms with Crippen LogP contribution in [-0.4, -0.2) is 41.1 Å². The molecule has 1 aliphatic rings. The Hall–Kier alpha value is -3.15. The molecule has 2 aromatic rings. The Balaban J connectivity index is 2.05. The van der Waals surface area contributed by atoms with E-state index in [1.165, 1.54) is 19.1 Å². The fourth-order valence-corrected chi connectivity index (χ4v) is 4.73. The number of likely N-dealkylation sites (tertiary alicyclic amines) is 1. The molecule has 1 aliphatic heterocycles. The SMILES string of the molecule is C[C@@H](O[C@H]1CN(C(=O)O)[C@@H](CC(C)(C)C=O)[C@@H]1c1ccc(F)cc1)c1cc(C(F)(F)F)cc(C(F)(F)F)c1. The molecule has 0 saturated carbocycles. The fourth-order valence-electron chi connectivity index (χ4n) is 4.73. The lowest BCUT2D eigenvalue weighted by Crippen LogP contribution is -2.39. The number of nitrogens with zero attached hydrogens (tertiary/aromatic N) is 1. The molecule has 0 spiro atoms. The maximum absolute atomic E-state index is 13.6. The summed E-state index contributed by atoms with van der Waals surface area (Å²) in [6.07, 6.45) is -13.1. The van der Waals surface area contributed by atoms with Crippen molar-refractivity contribution in [1.82, 2.24) is 4.90 Å². The van der Waals surface area contributed by atoms with Crippen LogP contribution in [0.15, 0.2) is 42.5 Å². The zero-order valence-electron chi connectivity index (χ0n) is 20.6. The molecule has 1 heterocycles. The minimum absolute atomic E-state index is 0.0107. The maximum Gasteiger partial charge on any atom is 0.416 e. The second-order valence-electron chi connectivity index (χ2n) is 10.0. The van der Waals surface area contributed by atoms with Crippen LogP contribution >= 0.6 is 0 Å². The molecule has 1 N–H and O–H groups in total. The molecular weight excluding hydrogens is 523 g/mol. The number of carbonyl (C=O) groups excluding carboxylic acids is 1. The minimum Gasteiger partial charge on any atom is -0.465 e. The third kappa shape index (κ3) is 6.64. The van der Waals surface area contributed by atoms with Crippen LogP contribution in [0.25, 0.3) is 0 Å². The van der Waals surface area contributed by atoms with Gasteiger partial charge in [-0.1, -0.05) is 26.0 Å². The van der Waals surface area contributed by atoms with Crippen molar-refractivity contribution in [2.75, 3.05) is 6.54 Å². The van der Waals surface area contributed by atoms with Gasteiger partial charge in [-0.05, 0) is 54.8 Å². The molecule has 38 heavy (non-hydrogen) atoms. The number of ether oxygens (including phenoxy) is 1. The number of carboxylic acid groups (broad SMARTS) is 1. The van der Waals surface area contributed by atoms with Crippen LogP contribution in [0.4, 0.5) is 35.5 Å². The number of amides is 1. The Morgan fingerprint density at radius 1 is 1.05 bits per heavy atom. The van der Waals surface area contributed by atoms with Crippen molar-refractivity contribution in [2.24, 2.45) is 5.41 Å². The van der Waals surface area contributed by atoms with E-state index in [9.17, 15) is 45.4 Å². The van der Waals surface area contributed by atoms with E-state index >= 15 is 0 Å². The predicted molar refractivity (Wildman–Crippen MR) is 122 cm³/mol. The number of carbonyl (C=O) groups is 2. The summed E-state index contributed by atoms with van der Waals surface area (Å²) in [6.45, 7) is 4.19. The lowest BCUT2D eigenvalue weighted by Gasteiger charge is -2.32. The van der Waals surface area contributed by atoms with Crippen molar-refractivity contribution in [3.8, 4) is 0 Å². The normalized spacial score (nSPS) is 21.4. The van der Waals surface area contributed by atoms with Gasteiger partial charge < -0.3 is 19.5 Å². The third-order valence-electron chi connectivity index (χ3n) is 6.61. The molecule has 0 radical (unpaired) electrons. The molecule has 0 bridgehead atoms. The number of rotatable bonds is 7. The van der Waals surface area contributed by atoms with Crippen molar-refractivity contribution in [3.05, 3.63) is 70.5 Å². The highest BCUT2D eigenvalue weighted by molar-refractivity contribution is 5.67. The van der Waals surface area contributed by atoms with Gasteiger partial charge in [0.25, 0.3) is 0 Å². The predicted octanol–water partition coefficient (Wildman–Crippen LogP) is 7.07. The number of aldehydes is 1. The van der Waals surface area contributed by atoms with Crippen LogP contribution in [0.1, 0.15) is 61.5 Å². The summed E-state index contributed by atoms with van der Waals surface area (Å²) in [5.41, 5.74) is -3.93. The van der Waals surface area contributed by atoms with Crippen LogP contribution in [0.5, 0.6) is 0 Å². The molecule has 0 unspecified atom stereocenters. The van der Waals surface area contributed by atoms with Crippen molar-refractivity contribution < 1.29 is 50.2 Å². The number of alkyl halides is 6. The number of halogens is 7. The third-order valence-corrected chi connectivity index (χ3v) is 6.61. The van der Waals surface area contributed by atoms with Crippen LogP contribution in [-0.2, 0) is 21.9 Å². The summed E-state index contributed by atoms with van der Waals surface area (Å²) >= 11 is 0. The van der Waals surface area contributed by atoms with Gasteiger partial charge in [0.05, 0.1) is 29.9 Å². The first-order valence-electron chi connectivity index (χ1n) is 11.6. The van der Waals surface area contributed by atoms with Gasteiger partial charge in [0.1, 0.15) is 12.1 Å². The number of benzene rings is 2. The zero-order valence-corrected chi connectivity index (χ0v) is 20.6. The topological polar surface area (TPSA) is 66.8 Å². The summed E-state index contributed by atoms with van der Waals surface area (Å²) < 4.78 is 99.8. The van der Waals surface area contributed by atoms with Gasteiger partial charge in [-0.15, -0.1) is 0 Å². The van der Waals surface area contributed by atoms with Gasteiger partial charge in [0.2, 0.25) is 0 Å². The molecule has 1 amide bonds. The first kappa shape index (κ1) is 29.4. The zero-order chi connectivity index (χ0) is 28.6. The standard InChI is InChI=1S/C26H26F7NO4/c1-14(16-8-17(25(28,29)30)10-18(9-16)26(31,32)33)38-21-12-34(23(36)37)20(11-24(2,3)13-35)22(21)15-4-6-19(27)7-5-15/h4-10,13-14,20-22H,11-12H2,1-3H3,(H,36,37)/t14-,20+,21+,22+/m1/s1. The van der Waals surface area contributed by atoms with E-state index in [1.807, 2.05) is 0 Å². The number of hydrogen-bond acceptors (Lipinski definition) is 3. The molecule has 208 valence electrons. The second-order valence-corrected chi connectivity index (χ2v) is 10.0. The van der Waals surface area contributed by atoms with E-state index in [1.54, 1.807) is 13.8 Å². The van der Waals surface area contributed by atoms with Crippen molar-refractivity contribution >= 4 is 12.4 Å². The summed E-state index contributed by atoms with van der Waals surface area (Å²) in [5, 5.41) is 9.85. The molecule has 3 rings (SSSR count). The Morgan fingerprint density at radius 2 is 1.58 bits per heavy atom. The highest BCUT2D eigenvalue weighted by Crippen LogP contribution is 2.43. The highest BCUT2D eigenvalue weighted by Gasteiger charge is 2.48. The van der Waals surface area contributed by atoms with E-state index in [0.717, 1.165) is 17.0 Å². The molecule has 5 nitrogen and oxygen atoms in total. The first-order chi connectivity index (χ1) is 17.4. The fraction of sp³-hybridized carbons (Fsp3) is 0.462. The summed E-state index contributed by atoms with van der Waals surface area (Å²) in [4.78, 5) is 24.8. The van der Waals surface area contributed by atoms with Crippen LogP contribution < -0.4 is 0 Å². The van der Waals surface area contributed by atoms with Crippen molar-refractivity contribution in [3.63, 3.8) is 0 Å². The maximum atomic E-state index is 13.6. The smallest absolute Gasteiger partial charge is 0.416 e. The van der Waals surface area contributed by atoms with Crippen LogP contribution in [0, 0.1) is 11.2 Å². The van der Waals surface area contributed by atoms with Crippen molar-refractivity contribution in [2.45, 2.75) is 63.7 Å². The summed E-state index contributed by atoms with van der Waals surface area (Å²) in [5.74, 6) is -1.36. The second kappa shape index (κ2) is 10.5. The van der Waals surface area contributed by atoms with Gasteiger partial charge in [-0.3, -0.25) is 0 Å². The van der Waals surface area contributed by atoms with Gasteiger partial charge in [0, 0.05) is 17.4 Å². The Labute approximate surface area is 214 Å². The van der Waals surface area contributed by atoms with Gasteiger partial charge in [-0.25, -0.2) is 9.18 Å². The van der Waals surface area contributed by atoms with Gasteiger partial charge in [0.15, 0.2) is 0 Å². The quantitative estimate of drug-likeness (QED) is 0.296. The van der Waals surface area contributed by atoms with E-state index in [2.05, 4.69) is 0 Å². The van der Waals surface area contributed by atoms with Gasteiger partial charge >= 0.3 is 18.4 Å². The molecule has 1 saturated heterocycles. The summed E-state index contributed by atoms with van der Waals surface area (Å²) in [7, 11) is 0. The van der Waals surface area contributed by atoms with Crippen LogP contribution in [0.2, 0.25) is 0 Å². The van der Waals surface area contributed by atoms with Gasteiger partial charge in [-0.2, -0.15) is 26.3 Å². The van der Waals surface area contributed by atoms with E-state index in [-0.39, 0.29) is 19.0 Å². The van der Waals surface area contributed by atoms with E-state index < -0.39 is 70.5 Å². The highest BCUT2D eigenvalue weighted by atomic mass is 19.4. The molecule has 4 atom stereocenters. The largest absolute Gasteiger partial charge is 0.465 e. The van der Waals surface area contributed by atoms with Crippen molar-refractivity contribution in [1.29, 1.82) is 0 Å². The molecule has 0 aromatic heterocycles. The first-order valence-corrected chi connectivity index (χ1v) is 11.6. The Morgan fingerprint density at radius 3 is 2.03 bits per heavy atom. The molecule has 0 aliphatic carbocycles. The lowest BCUT2D eigenvalue weighted by atomic mass is 9.79. The average molecular weight is 549 g/mol. The molecule has 1 fully saturated rings. The minimum atomic E-state index is -5.05. The average Bonchev–Trinajstić information content (AvgIpc) is 3.15. The Bertz CT molecular complexity index is 1130. The molecule has 12 heteroatoms. The van der Waals surface area contributed by atoms with E-state index in [0.29, 0.717) is 24.0 Å². The molecule has 2 aromatic carbocycles. The van der Waals surface area contributed by atoms with E-state index in [4.69, 9.17) is 4.74 Å². The Kier molecular flexibility index (Phi) is 8.16. The summed E-state index contributed by atoms with van der Waals surface area (Å²) in [6, 6.07) is 5.37. The lowest BCUT2D eigenvalue weighted by molar-refractivity contribution is -0.143. The monoisotopic (exact) mass is 549 g/mol. The van der Waals surface area contributed by atoms with Crippen LogP contribution in [0.3, 0.4) is 0 Å². The number of hydrogen-bond donors (Lipinski definition) is 1.